The molecular weight excluding hydrogens is 851 g/mol. The lowest BCUT2D eigenvalue weighted by molar-refractivity contribution is 0.789. The Kier molecular flexibility index (Phi) is 23.7. The summed E-state index contributed by atoms with van der Waals surface area (Å²) in [4.78, 5) is 5.32. The number of fused-ring (bicyclic) bond motifs is 1. The van der Waals surface area contributed by atoms with E-state index in [1.165, 1.54) is 61.8 Å². The lowest BCUT2D eigenvalue weighted by Crippen LogP contribution is -2.20. The van der Waals surface area contributed by atoms with Crippen molar-refractivity contribution in [3.63, 3.8) is 0 Å². The summed E-state index contributed by atoms with van der Waals surface area (Å²) >= 11 is 0. The third-order valence-corrected chi connectivity index (χ3v) is 11.7. The fourth-order valence-electron chi connectivity index (χ4n) is 8.06. The van der Waals surface area contributed by atoms with Crippen molar-refractivity contribution in [1.82, 2.24) is 10.6 Å². The number of nitrogens with zero attached hydrogens (tertiary/aromatic N) is 1. The van der Waals surface area contributed by atoms with Crippen LogP contribution >= 0.6 is 0 Å². The van der Waals surface area contributed by atoms with Crippen molar-refractivity contribution < 1.29 is 0 Å². The maximum atomic E-state index is 6.47. The summed E-state index contributed by atoms with van der Waals surface area (Å²) in [5, 5.41) is 12.9. The predicted octanol–water partition coefficient (Wildman–Crippen LogP) is 16.2. The Balaban J connectivity index is 0.000000621. The van der Waals surface area contributed by atoms with Gasteiger partial charge in [-0.3, -0.25) is 4.99 Å². The number of allylic oxidation sites excluding steroid dienone is 17. The molecule has 5 heteroatoms. The highest BCUT2D eigenvalue weighted by Gasteiger charge is 2.23. The van der Waals surface area contributed by atoms with Crippen LogP contribution in [-0.4, -0.2) is 31.6 Å². The molecule has 4 aromatic rings. The van der Waals surface area contributed by atoms with E-state index in [1.54, 1.807) is 0 Å². The zero-order chi connectivity index (χ0) is 50.7. The molecule has 0 spiro atoms. The minimum Gasteiger partial charge on any atom is -0.398 e. The standard InChI is InChI=1S/C51H52N4.C7H8.C3H5N.2C2H6/c1-5-11-47(36(3)53-4)48(31-38-13-10-29-54-34-38)41-21-23-42(24-22-41)51-35(2)30-46-33-44(26-28-50(46)55-51)43-25-27-49(52)45(32-43)16-9-12-37-17-19-40(20-18-37)39-14-7-6-8-15-39;1-7-5-3-2-4-6-7;1-2-3-4;2*1-2/h5,7,9-11,13-27,30-34,50,53-54H,6,8,12,28-29,52H2,1-4H3;2-6H,1H3;2-4H,1H2;2*1-2H3/b11-5-,16-9-,47-36+,48-31-;;;;. The zero-order valence-corrected chi connectivity index (χ0v) is 43.3. The van der Waals surface area contributed by atoms with Gasteiger partial charge in [-0.05, 0) is 144 Å². The largest absolute Gasteiger partial charge is 0.398 e. The van der Waals surface area contributed by atoms with Crippen LogP contribution in [0.3, 0.4) is 0 Å². The Morgan fingerprint density at radius 3 is 2.14 bits per heavy atom. The van der Waals surface area contributed by atoms with Crippen LogP contribution in [0.5, 0.6) is 0 Å². The first-order chi connectivity index (χ1) is 34.2. The first-order valence-electron chi connectivity index (χ1n) is 25.0. The number of anilines is 1. The molecule has 0 aromatic heterocycles. The van der Waals surface area contributed by atoms with Gasteiger partial charge in [-0.1, -0.05) is 198 Å². The first-order valence-corrected chi connectivity index (χ1v) is 25.0. The summed E-state index contributed by atoms with van der Waals surface area (Å²) in [5.41, 5.74) is 26.3. The molecule has 0 saturated heterocycles. The summed E-state index contributed by atoms with van der Waals surface area (Å²) in [6, 6.07) is 34.5. The molecule has 2 aliphatic heterocycles. The molecule has 362 valence electrons. The third-order valence-electron chi connectivity index (χ3n) is 11.7. The molecule has 70 heavy (non-hydrogen) atoms. The Morgan fingerprint density at radius 1 is 0.843 bits per heavy atom. The number of nitrogens with two attached hydrogens (primary N) is 1. The topological polar surface area (TPSA) is 86.3 Å². The summed E-state index contributed by atoms with van der Waals surface area (Å²) < 4.78 is 0. The Hall–Kier alpha value is -7.50. The van der Waals surface area contributed by atoms with Crippen LogP contribution in [0.25, 0.3) is 22.8 Å². The van der Waals surface area contributed by atoms with Gasteiger partial charge in [-0.2, -0.15) is 0 Å². The van der Waals surface area contributed by atoms with Gasteiger partial charge in [0.2, 0.25) is 0 Å². The van der Waals surface area contributed by atoms with Crippen LogP contribution in [0.4, 0.5) is 5.69 Å². The van der Waals surface area contributed by atoms with E-state index in [9.17, 15) is 0 Å². The van der Waals surface area contributed by atoms with Crippen molar-refractivity contribution >= 4 is 40.4 Å². The van der Waals surface area contributed by atoms with Crippen LogP contribution in [0.1, 0.15) is 107 Å². The molecule has 2 aliphatic carbocycles. The minimum absolute atomic E-state index is 0.0996. The van der Waals surface area contributed by atoms with Crippen molar-refractivity contribution in [3.8, 4) is 0 Å². The van der Waals surface area contributed by atoms with Crippen LogP contribution in [-0.2, 0) is 6.42 Å². The maximum Gasteiger partial charge on any atom is 0.0791 e. The first kappa shape index (κ1) is 55.1. The van der Waals surface area contributed by atoms with Crippen molar-refractivity contribution in [1.29, 1.82) is 5.41 Å². The van der Waals surface area contributed by atoms with Crippen LogP contribution < -0.4 is 16.4 Å². The monoisotopic (exact) mass is 928 g/mol. The molecule has 0 fully saturated rings. The summed E-state index contributed by atoms with van der Waals surface area (Å²) in [6.07, 6.45) is 37.6. The molecular formula is C65H77N5. The molecule has 1 unspecified atom stereocenters. The quantitative estimate of drug-likeness (QED) is 0.0649. The van der Waals surface area contributed by atoms with Gasteiger partial charge >= 0.3 is 0 Å². The average molecular weight is 928 g/mol. The number of benzene rings is 4. The van der Waals surface area contributed by atoms with E-state index in [2.05, 4.69) is 203 Å². The van der Waals surface area contributed by atoms with E-state index < -0.39 is 0 Å². The minimum atomic E-state index is 0.0996. The van der Waals surface area contributed by atoms with Gasteiger partial charge in [-0.25, -0.2) is 0 Å². The molecule has 2 heterocycles. The van der Waals surface area contributed by atoms with E-state index in [-0.39, 0.29) is 6.04 Å². The lowest BCUT2D eigenvalue weighted by Gasteiger charge is -2.25. The molecule has 5 nitrogen and oxygen atoms in total. The molecule has 5 N–H and O–H groups in total. The summed E-state index contributed by atoms with van der Waals surface area (Å²) in [6.45, 7) is 20.5. The maximum absolute atomic E-state index is 6.47. The van der Waals surface area contributed by atoms with Gasteiger partial charge in [-0.15, -0.1) is 0 Å². The van der Waals surface area contributed by atoms with Gasteiger partial charge in [0.1, 0.15) is 0 Å². The molecule has 1 atom stereocenters. The molecule has 0 bridgehead atoms. The van der Waals surface area contributed by atoms with Crippen molar-refractivity contribution in [2.45, 2.75) is 87.1 Å². The van der Waals surface area contributed by atoms with Crippen molar-refractivity contribution in [2.24, 2.45) is 4.99 Å². The number of nitrogens with one attached hydrogen (secondary N) is 3. The lowest BCUT2D eigenvalue weighted by atomic mass is 9.86. The number of hydrogen-bond donors (Lipinski definition) is 4. The smallest absolute Gasteiger partial charge is 0.0791 e. The number of rotatable bonds is 12. The second-order valence-electron chi connectivity index (χ2n) is 16.6. The molecule has 0 saturated carbocycles. The van der Waals surface area contributed by atoms with Gasteiger partial charge in [0.25, 0.3) is 0 Å². The summed E-state index contributed by atoms with van der Waals surface area (Å²) in [7, 11) is 1.98. The molecule has 8 rings (SSSR count). The highest BCUT2D eigenvalue weighted by molar-refractivity contribution is 6.13. The molecule has 0 amide bonds. The highest BCUT2D eigenvalue weighted by Crippen LogP contribution is 2.35. The third kappa shape index (κ3) is 16.3. The number of aliphatic imine (C=N–C) groups is 1. The zero-order valence-electron chi connectivity index (χ0n) is 43.3. The fraction of sp³-hybridized carbons (Fsp3) is 0.231. The van der Waals surface area contributed by atoms with E-state index in [4.69, 9.17) is 16.1 Å². The van der Waals surface area contributed by atoms with Gasteiger partial charge in [0.05, 0.1) is 11.8 Å². The summed E-state index contributed by atoms with van der Waals surface area (Å²) in [5.74, 6) is 0. The van der Waals surface area contributed by atoms with Crippen LogP contribution in [0, 0.1) is 12.3 Å². The Bertz CT molecular complexity index is 2710. The number of aryl methyl sites for hydroxylation is 1. The highest BCUT2D eigenvalue weighted by atomic mass is 14.8. The van der Waals surface area contributed by atoms with Gasteiger partial charge in [0, 0.05) is 43.0 Å². The van der Waals surface area contributed by atoms with Gasteiger partial charge < -0.3 is 21.8 Å². The number of nitrogen functional groups attached to an aromatic ring is 1. The van der Waals surface area contributed by atoms with Crippen molar-refractivity contribution in [3.05, 3.63) is 256 Å². The predicted molar refractivity (Wildman–Crippen MR) is 310 cm³/mol. The van der Waals surface area contributed by atoms with E-state index in [0.29, 0.717) is 0 Å². The Labute approximate surface area is 421 Å². The number of hydrogen-bond acceptors (Lipinski definition) is 5. The number of dihydropyridines is 2. The fourth-order valence-corrected chi connectivity index (χ4v) is 8.06. The average Bonchev–Trinajstić information content (AvgIpc) is 3.42. The van der Waals surface area contributed by atoms with E-state index in [1.807, 2.05) is 59.0 Å². The second kappa shape index (κ2) is 30.1. The van der Waals surface area contributed by atoms with Crippen molar-refractivity contribution in [2.75, 3.05) is 19.3 Å². The van der Waals surface area contributed by atoms with Gasteiger partial charge in [0.15, 0.2) is 0 Å². The van der Waals surface area contributed by atoms with Crippen LogP contribution in [0.2, 0.25) is 0 Å². The molecule has 0 radical (unpaired) electrons. The Morgan fingerprint density at radius 2 is 1.54 bits per heavy atom. The van der Waals surface area contributed by atoms with Crippen LogP contribution in [0.15, 0.2) is 222 Å². The molecule has 4 aromatic carbocycles. The van der Waals surface area contributed by atoms with E-state index >= 15 is 0 Å². The molecule has 4 aliphatic rings. The second-order valence-corrected chi connectivity index (χ2v) is 16.6. The SMILES string of the molecule is C=CC=N.CC.CC.C\C=C/C(C(=C\C1=CNCC=C1)/c1ccc(C2=NC3CC=C(c4ccc(N)c(/C=C\Cc5ccc(C6=CCCC=C6)cc5)c4)C=C3C=C2C)cc1)=C(/C)NC.Cc1ccccc1. The van der Waals surface area contributed by atoms with E-state index in [0.717, 1.165) is 77.8 Å². The normalized spacial score (nSPS) is 16.1.